The average molecular weight is 214 g/mol. The summed E-state index contributed by atoms with van der Waals surface area (Å²) >= 11 is 0. The van der Waals surface area contributed by atoms with E-state index in [0.29, 0.717) is 0 Å². The molecule has 15 heavy (non-hydrogen) atoms. The summed E-state index contributed by atoms with van der Waals surface area (Å²) < 4.78 is 4.79. The van der Waals surface area contributed by atoms with Crippen molar-refractivity contribution in [2.45, 2.75) is 33.3 Å². The van der Waals surface area contributed by atoms with Crippen molar-refractivity contribution in [3.63, 3.8) is 0 Å². The lowest BCUT2D eigenvalue weighted by atomic mass is 10.3. The van der Waals surface area contributed by atoms with Crippen molar-refractivity contribution < 1.29 is 19.4 Å². The Morgan fingerprint density at radius 1 is 1.53 bits per heavy atom. The van der Waals surface area contributed by atoms with Crippen LogP contribution in [0.3, 0.4) is 0 Å². The molecule has 0 aliphatic carbocycles. The van der Waals surface area contributed by atoms with Crippen LogP contribution < -0.4 is 0 Å². The third-order valence-electron chi connectivity index (χ3n) is 1.42. The molecule has 1 unspecified atom stereocenters. The second kappa shape index (κ2) is 8.99. The van der Waals surface area contributed by atoms with E-state index in [1.807, 2.05) is 13.8 Å². The van der Waals surface area contributed by atoms with Crippen LogP contribution in [0.25, 0.3) is 0 Å². The van der Waals surface area contributed by atoms with E-state index in [0.717, 1.165) is 6.42 Å². The number of ether oxygens (including phenoxy) is 1. The monoisotopic (exact) mass is 214 g/mol. The first-order valence-electron chi connectivity index (χ1n) is 4.56. The van der Waals surface area contributed by atoms with Gasteiger partial charge in [0.25, 0.3) is 0 Å². The van der Waals surface area contributed by atoms with E-state index >= 15 is 0 Å². The fraction of sp³-hybridized carbons (Fsp3) is 0.455. The number of aliphatic carboxylic acids is 1. The highest BCUT2D eigenvalue weighted by Gasteiger charge is 2.01. The normalized spacial score (nSPS) is 10.3. The number of carboxylic acids is 1. The Morgan fingerprint density at radius 3 is 2.13 bits per heavy atom. The largest absolute Gasteiger partial charge is 0.478 e. The molecule has 86 valence electrons. The maximum Gasteiger partial charge on any atom is 0.330 e. The van der Waals surface area contributed by atoms with Crippen LogP contribution in [0, 0.1) is 0 Å². The Balaban J connectivity index is 0. The highest BCUT2D eigenvalue weighted by Crippen LogP contribution is 1.95. The molecule has 0 aliphatic rings. The first-order chi connectivity index (χ1) is 6.84. The molecule has 0 saturated carbocycles. The maximum atomic E-state index is 10.4. The zero-order chi connectivity index (χ0) is 12.4. The van der Waals surface area contributed by atoms with Crippen LogP contribution in [0.5, 0.6) is 0 Å². The van der Waals surface area contributed by atoms with Gasteiger partial charge in [0, 0.05) is 11.6 Å². The number of esters is 1. The maximum absolute atomic E-state index is 10.4. The average Bonchev–Trinajstić information content (AvgIpc) is 2.18. The molecule has 0 aromatic carbocycles. The molecule has 0 aromatic rings. The number of carboxylic acid groups (broad SMARTS) is 1. The number of hydrogen-bond acceptors (Lipinski definition) is 3. The predicted molar refractivity (Wildman–Crippen MR) is 58.5 cm³/mol. The molecule has 0 aromatic heterocycles. The van der Waals surface area contributed by atoms with Crippen molar-refractivity contribution in [2.24, 2.45) is 0 Å². The quantitative estimate of drug-likeness (QED) is 0.575. The number of rotatable bonds is 4. The van der Waals surface area contributed by atoms with Gasteiger partial charge in [-0.05, 0) is 20.3 Å². The van der Waals surface area contributed by atoms with Crippen molar-refractivity contribution >= 4 is 11.9 Å². The van der Waals surface area contributed by atoms with Crippen LogP contribution in [0.1, 0.15) is 27.2 Å². The highest BCUT2D eigenvalue weighted by molar-refractivity contribution is 5.84. The van der Waals surface area contributed by atoms with Gasteiger partial charge in [0.15, 0.2) is 0 Å². The SMILES string of the molecule is C=C(C)C(=O)O.C=CC(=O)OC(C)CC. The minimum Gasteiger partial charge on any atom is -0.478 e. The molecule has 1 N–H and O–H groups in total. The van der Waals surface area contributed by atoms with Crippen molar-refractivity contribution in [1.29, 1.82) is 0 Å². The van der Waals surface area contributed by atoms with E-state index in [9.17, 15) is 9.59 Å². The summed E-state index contributed by atoms with van der Waals surface area (Å²) in [5, 5.41) is 7.89. The Kier molecular flexibility index (Phi) is 9.52. The van der Waals surface area contributed by atoms with Crippen LogP contribution >= 0.6 is 0 Å². The lowest BCUT2D eigenvalue weighted by molar-refractivity contribution is -0.142. The van der Waals surface area contributed by atoms with Crippen LogP contribution in [0.4, 0.5) is 0 Å². The van der Waals surface area contributed by atoms with Gasteiger partial charge in [-0.25, -0.2) is 9.59 Å². The second-order valence-electron chi connectivity index (χ2n) is 2.95. The van der Waals surface area contributed by atoms with E-state index in [1.165, 1.54) is 13.0 Å². The van der Waals surface area contributed by atoms with E-state index in [1.54, 1.807) is 0 Å². The van der Waals surface area contributed by atoms with Gasteiger partial charge in [0.2, 0.25) is 0 Å². The molecule has 0 amide bonds. The number of carbonyl (C=O) groups excluding carboxylic acids is 1. The fourth-order valence-electron chi connectivity index (χ4n) is 0.330. The van der Waals surface area contributed by atoms with E-state index in [4.69, 9.17) is 9.84 Å². The molecular weight excluding hydrogens is 196 g/mol. The van der Waals surface area contributed by atoms with Crippen molar-refractivity contribution in [1.82, 2.24) is 0 Å². The minimum atomic E-state index is -0.935. The smallest absolute Gasteiger partial charge is 0.330 e. The molecule has 0 heterocycles. The highest BCUT2D eigenvalue weighted by atomic mass is 16.5. The number of hydrogen-bond donors (Lipinski definition) is 1. The molecule has 4 nitrogen and oxygen atoms in total. The zero-order valence-corrected chi connectivity index (χ0v) is 9.45. The van der Waals surface area contributed by atoms with E-state index in [-0.39, 0.29) is 17.6 Å². The van der Waals surface area contributed by atoms with Gasteiger partial charge in [-0.1, -0.05) is 20.1 Å². The third-order valence-corrected chi connectivity index (χ3v) is 1.42. The van der Waals surface area contributed by atoms with Crippen molar-refractivity contribution in [3.05, 3.63) is 24.8 Å². The molecule has 0 radical (unpaired) electrons. The van der Waals surface area contributed by atoms with Gasteiger partial charge in [0.05, 0.1) is 6.10 Å². The Hall–Kier alpha value is -1.58. The standard InChI is InChI=1S/C7H12O2.C4H6O2/c1-4-6(3)9-7(8)5-2;1-3(2)4(5)6/h5-6H,2,4H2,1,3H3;1H2,2H3,(H,5,6). The van der Waals surface area contributed by atoms with Gasteiger partial charge in [-0.2, -0.15) is 0 Å². The fourth-order valence-corrected chi connectivity index (χ4v) is 0.330. The Labute approximate surface area is 90.2 Å². The van der Waals surface area contributed by atoms with Gasteiger partial charge in [-0.3, -0.25) is 0 Å². The summed E-state index contributed by atoms with van der Waals surface area (Å²) in [6.45, 7) is 11.7. The molecule has 0 rings (SSSR count). The number of carbonyl (C=O) groups is 2. The summed E-state index contributed by atoms with van der Waals surface area (Å²) in [5.41, 5.74) is 0.176. The van der Waals surface area contributed by atoms with Crippen LogP contribution in [-0.4, -0.2) is 23.1 Å². The van der Waals surface area contributed by atoms with Crippen LogP contribution in [0.15, 0.2) is 24.8 Å². The third kappa shape index (κ3) is 12.4. The first kappa shape index (κ1) is 15.9. The lowest BCUT2D eigenvalue weighted by Crippen LogP contribution is -2.10. The van der Waals surface area contributed by atoms with Gasteiger partial charge in [0.1, 0.15) is 0 Å². The summed E-state index contributed by atoms with van der Waals surface area (Å²) in [6.07, 6.45) is 2.03. The van der Waals surface area contributed by atoms with Gasteiger partial charge >= 0.3 is 11.9 Å². The summed E-state index contributed by atoms with van der Waals surface area (Å²) in [6, 6.07) is 0. The Bertz CT molecular complexity index is 231. The summed E-state index contributed by atoms with van der Waals surface area (Å²) in [4.78, 5) is 20.0. The second-order valence-corrected chi connectivity index (χ2v) is 2.95. The zero-order valence-electron chi connectivity index (χ0n) is 9.45. The molecular formula is C11H18O4. The molecule has 0 spiro atoms. The van der Waals surface area contributed by atoms with E-state index < -0.39 is 5.97 Å². The molecule has 4 heteroatoms. The van der Waals surface area contributed by atoms with Gasteiger partial charge in [-0.15, -0.1) is 0 Å². The Morgan fingerprint density at radius 2 is 1.93 bits per heavy atom. The van der Waals surface area contributed by atoms with Crippen LogP contribution in [0.2, 0.25) is 0 Å². The first-order valence-corrected chi connectivity index (χ1v) is 4.56. The van der Waals surface area contributed by atoms with Crippen molar-refractivity contribution in [3.8, 4) is 0 Å². The van der Waals surface area contributed by atoms with Crippen molar-refractivity contribution in [2.75, 3.05) is 0 Å². The molecule has 0 aliphatic heterocycles. The molecule has 0 saturated heterocycles. The molecule has 0 bridgehead atoms. The molecule has 0 fully saturated rings. The lowest BCUT2D eigenvalue weighted by Gasteiger charge is -2.07. The minimum absolute atomic E-state index is 0.00972. The van der Waals surface area contributed by atoms with Gasteiger partial charge < -0.3 is 9.84 Å². The van der Waals surface area contributed by atoms with Crippen LogP contribution in [-0.2, 0) is 14.3 Å². The van der Waals surface area contributed by atoms with E-state index in [2.05, 4.69) is 13.2 Å². The summed E-state index contributed by atoms with van der Waals surface area (Å²) in [5.74, 6) is -1.28. The summed E-state index contributed by atoms with van der Waals surface area (Å²) in [7, 11) is 0. The molecule has 1 atom stereocenters. The topological polar surface area (TPSA) is 63.6 Å². The predicted octanol–water partition coefficient (Wildman–Crippen LogP) is 2.16.